The van der Waals surface area contributed by atoms with Crippen LogP contribution in [-0.2, 0) is 23.1 Å². The largest absolute Gasteiger partial charge is 0.468 e. The first kappa shape index (κ1) is 22.0. The third-order valence-corrected chi connectivity index (χ3v) is 6.75. The van der Waals surface area contributed by atoms with Gasteiger partial charge in [-0.15, -0.1) is 0 Å². The summed E-state index contributed by atoms with van der Waals surface area (Å²) in [5.41, 5.74) is 1.22. The standard InChI is InChI=1S/C22H24N4O5S/c27-26(28)20-3-1-5-22(15-20)32(29,30)23-19-8-6-18(7-9-19)16-24-10-12-25(13-11-24)17-21-4-2-14-31-21/h1-9,14-15,23H,10-13,16-17H2. The maximum atomic E-state index is 12.6. The Labute approximate surface area is 186 Å². The Balaban J connectivity index is 1.31. The van der Waals surface area contributed by atoms with Crippen LogP contribution in [0.15, 0.2) is 76.2 Å². The van der Waals surface area contributed by atoms with E-state index in [-0.39, 0.29) is 10.6 Å². The molecule has 1 saturated heterocycles. The van der Waals surface area contributed by atoms with Crippen molar-refractivity contribution in [3.8, 4) is 0 Å². The number of furan rings is 1. The van der Waals surface area contributed by atoms with Crippen molar-refractivity contribution in [2.75, 3.05) is 30.9 Å². The van der Waals surface area contributed by atoms with E-state index in [1.807, 2.05) is 24.3 Å². The Hall–Kier alpha value is -3.21. The predicted octanol–water partition coefficient (Wildman–Crippen LogP) is 3.31. The van der Waals surface area contributed by atoms with Gasteiger partial charge in [0.2, 0.25) is 0 Å². The van der Waals surface area contributed by atoms with Gasteiger partial charge in [0.1, 0.15) is 5.76 Å². The first-order valence-electron chi connectivity index (χ1n) is 10.2. The summed E-state index contributed by atoms with van der Waals surface area (Å²) in [5, 5.41) is 10.9. The molecular weight excluding hydrogens is 432 g/mol. The fraction of sp³-hybridized carbons (Fsp3) is 0.273. The minimum atomic E-state index is -3.92. The first-order chi connectivity index (χ1) is 15.4. The summed E-state index contributed by atoms with van der Waals surface area (Å²) < 4.78 is 33.0. The molecule has 0 saturated carbocycles. The van der Waals surface area contributed by atoms with Gasteiger partial charge in [0.15, 0.2) is 0 Å². The normalized spacial score (nSPS) is 15.5. The number of non-ortho nitro benzene ring substituents is 1. The van der Waals surface area contributed by atoms with E-state index in [2.05, 4.69) is 14.5 Å². The van der Waals surface area contributed by atoms with Crippen LogP contribution in [0.2, 0.25) is 0 Å². The van der Waals surface area contributed by atoms with E-state index in [9.17, 15) is 18.5 Å². The number of sulfonamides is 1. The lowest BCUT2D eigenvalue weighted by molar-refractivity contribution is -0.385. The van der Waals surface area contributed by atoms with E-state index in [0.29, 0.717) is 5.69 Å². The number of nitro groups is 1. The zero-order valence-corrected chi connectivity index (χ0v) is 18.2. The van der Waals surface area contributed by atoms with E-state index in [0.717, 1.165) is 56.7 Å². The molecule has 3 aromatic rings. The van der Waals surface area contributed by atoms with Crippen LogP contribution in [0.3, 0.4) is 0 Å². The molecule has 32 heavy (non-hydrogen) atoms. The molecule has 0 spiro atoms. The topological polar surface area (TPSA) is 109 Å². The Kier molecular flexibility index (Phi) is 6.54. The van der Waals surface area contributed by atoms with Gasteiger partial charge in [-0.05, 0) is 35.9 Å². The fourth-order valence-corrected chi connectivity index (χ4v) is 4.74. The number of nitrogens with zero attached hydrogens (tertiary/aromatic N) is 3. The lowest BCUT2D eigenvalue weighted by Crippen LogP contribution is -2.45. The summed E-state index contributed by atoms with van der Waals surface area (Å²) in [4.78, 5) is 14.9. The molecule has 0 atom stereocenters. The third kappa shape index (κ3) is 5.52. The lowest BCUT2D eigenvalue weighted by Gasteiger charge is -2.34. The van der Waals surface area contributed by atoms with Crippen molar-refractivity contribution in [2.24, 2.45) is 0 Å². The highest BCUT2D eigenvalue weighted by atomic mass is 32.2. The molecule has 10 heteroatoms. The van der Waals surface area contributed by atoms with Gasteiger partial charge in [0.05, 0.1) is 22.6 Å². The number of hydrogen-bond acceptors (Lipinski definition) is 7. The highest BCUT2D eigenvalue weighted by Crippen LogP contribution is 2.21. The second kappa shape index (κ2) is 9.51. The van der Waals surface area contributed by atoms with Gasteiger partial charge >= 0.3 is 0 Å². The molecule has 0 radical (unpaired) electrons. The van der Waals surface area contributed by atoms with Gasteiger partial charge < -0.3 is 4.42 Å². The highest BCUT2D eigenvalue weighted by molar-refractivity contribution is 7.92. The van der Waals surface area contributed by atoms with E-state index in [4.69, 9.17) is 4.42 Å². The van der Waals surface area contributed by atoms with Crippen LogP contribution in [-0.4, -0.2) is 49.3 Å². The molecule has 4 rings (SSSR count). The molecule has 1 aliphatic heterocycles. The summed E-state index contributed by atoms with van der Waals surface area (Å²) in [6.07, 6.45) is 1.69. The van der Waals surface area contributed by atoms with Gasteiger partial charge in [-0.3, -0.25) is 24.6 Å². The number of nitro benzene ring substituents is 1. The van der Waals surface area contributed by atoms with E-state index < -0.39 is 14.9 Å². The summed E-state index contributed by atoms with van der Waals surface area (Å²) in [6, 6.07) is 16.1. The monoisotopic (exact) mass is 456 g/mol. The molecule has 1 aliphatic rings. The van der Waals surface area contributed by atoms with Crippen molar-refractivity contribution >= 4 is 21.4 Å². The van der Waals surface area contributed by atoms with Crippen LogP contribution in [0.25, 0.3) is 0 Å². The third-order valence-electron chi connectivity index (χ3n) is 5.38. The Morgan fingerprint density at radius 2 is 1.62 bits per heavy atom. The molecule has 2 heterocycles. The van der Waals surface area contributed by atoms with Crippen LogP contribution < -0.4 is 4.72 Å². The van der Waals surface area contributed by atoms with Crippen molar-refractivity contribution in [3.05, 3.63) is 88.4 Å². The summed E-state index contributed by atoms with van der Waals surface area (Å²) in [7, 11) is -3.92. The maximum Gasteiger partial charge on any atom is 0.270 e. The van der Waals surface area contributed by atoms with Gasteiger partial charge in [-0.1, -0.05) is 18.2 Å². The highest BCUT2D eigenvalue weighted by Gasteiger charge is 2.19. The number of anilines is 1. The predicted molar refractivity (Wildman–Crippen MR) is 120 cm³/mol. The summed E-state index contributed by atoms with van der Waals surface area (Å²) in [5.74, 6) is 0.974. The van der Waals surface area contributed by atoms with Crippen LogP contribution in [0.5, 0.6) is 0 Å². The minimum Gasteiger partial charge on any atom is -0.468 e. The van der Waals surface area contributed by atoms with E-state index >= 15 is 0 Å². The number of piperazine rings is 1. The number of benzene rings is 2. The smallest absolute Gasteiger partial charge is 0.270 e. The molecule has 2 aromatic carbocycles. The molecule has 1 N–H and O–H groups in total. The van der Waals surface area contributed by atoms with Crippen molar-refractivity contribution in [1.29, 1.82) is 0 Å². The Morgan fingerprint density at radius 3 is 2.25 bits per heavy atom. The Bertz CT molecular complexity index is 1160. The quantitative estimate of drug-likeness (QED) is 0.409. The van der Waals surface area contributed by atoms with Crippen LogP contribution in [0, 0.1) is 10.1 Å². The number of hydrogen-bond donors (Lipinski definition) is 1. The SMILES string of the molecule is O=[N+]([O-])c1cccc(S(=O)(=O)Nc2ccc(CN3CCN(Cc4ccco4)CC3)cc2)c1. The van der Waals surface area contributed by atoms with Crippen LogP contribution in [0.4, 0.5) is 11.4 Å². The lowest BCUT2D eigenvalue weighted by atomic mass is 10.2. The van der Waals surface area contributed by atoms with Crippen molar-refractivity contribution < 1.29 is 17.8 Å². The fourth-order valence-electron chi connectivity index (χ4n) is 3.64. The first-order valence-corrected chi connectivity index (χ1v) is 11.7. The van der Waals surface area contributed by atoms with Crippen LogP contribution >= 0.6 is 0 Å². The summed E-state index contributed by atoms with van der Waals surface area (Å²) >= 11 is 0. The van der Waals surface area contributed by atoms with E-state index in [1.165, 1.54) is 18.2 Å². The van der Waals surface area contributed by atoms with Gasteiger partial charge in [-0.2, -0.15) is 0 Å². The molecule has 9 nitrogen and oxygen atoms in total. The molecular formula is C22H24N4O5S. The molecule has 1 aromatic heterocycles. The number of rotatable bonds is 8. The van der Waals surface area contributed by atoms with Crippen molar-refractivity contribution in [1.82, 2.24) is 9.80 Å². The molecule has 0 bridgehead atoms. The van der Waals surface area contributed by atoms with Crippen molar-refractivity contribution in [3.63, 3.8) is 0 Å². The minimum absolute atomic E-state index is 0.150. The zero-order valence-electron chi connectivity index (χ0n) is 17.4. The van der Waals surface area contributed by atoms with E-state index in [1.54, 1.807) is 18.4 Å². The molecule has 0 aliphatic carbocycles. The summed E-state index contributed by atoms with van der Waals surface area (Å²) in [6.45, 7) is 5.42. The average molecular weight is 457 g/mol. The van der Waals surface area contributed by atoms with Crippen molar-refractivity contribution in [2.45, 2.75) is 18.0 Å². The van der Waals surface area contributed by atoms with Gasteiger partial charge in [0, 0.05) is 50.5 Å². The van der Waals surface area contributed by atoms with Crippen LogP contribution in [0.1, 0.15) is 11.3 Å². The van der Waals surface area contributed by atoms with Gasteiger partial charge in [0.25, 0.3) is 15.7 Å². The molecule has 1 fully saturated rings. The maximum absolute atomic E-state index is 12.6. The average Bonchev–Trinajstić information content (AvgIpc) is 3.29. The van der Waals surface area contributed by atoms with Gasteiger partial charge in [-0.25, -0.2) is 8.42 Å². The Morgan fingerprint density at radius 1 is 0.938 bits per heavy atom. The second-order valence-corrected chi connectivity index (χ2v) is 9.37. The molecule has 168 valence electrons. The molecule has 0 unspecified atom stereocenters. The number of nitrogens with one attached hydrogen (secondary N) is 1. The second-order valence-electron chi connectivity index (χ2n) is 7.69. The zero-order chi connectivity index (χ0) is 22.6. The molecule has 0 amide bonds.